The molecule has 98 valence electrons. The van der Waals surface area contributed by atoms with Crippen molar-refractivity contribution in [1.82, 2.24) is 0 Å². The second kappa shape index (κ2) is 4.26. The van der Waals surface area contributed by atoms with Crippen LogP contribution in [0.1, 0.15) is 58.8 Å². The Bertz CT molecular complexity index is 246. The third-order valence-electron chi connectivity index (χ3n) is 6.15. The standard InChI is InChI=1S/C16H29N/c1-11(2)15(3-4-17)16-8-12-5-13(9-16)7-14(6-12)10-16/h11-15H,3-10,17H2,1-2H3. The van der Waals surface area contributed by atoms with E-state index in [0.717, 1.165) is 36.1 Å². The highest BCUT2D eigenvalue weighted by atomic mass is 14.6. The van der Waals surface area contributed by atoms with Crippen LogP contribution >= 0.6 is 0 Å². The fourth-order valence-electron chi connectivity index (χ4n) is 6.16. The fourth-order valence-corrected chi connectivity index (χ4v) is 6.16. The van der Waals surface area contributed by atoms with Gasteiger partial charge in [-0.15, -0.1) is 0 Å². The van der Waals surface area contributed by atoms with E-state index in [-0.39, 0.29) is 0 Å². The van der Waals surface area contributed by atoms with Crippen molar-refractivity contribution in [1.29, 1.82) is 0 Å². The highest BCUT2D eigenvalue weighted by Crippen LogP contribution is 2.64. The number of hydrogen-bond donors (Lipinski definition) is 1. The van der Waals surface area contributed by atoms with Gasteiger partial charge in [0.2, 0.25) is 0 Å². The van der Waals surface area contributed by atoms with Crippen LogP contribution in [-0.4, -0.2) is 6.54 Å². The molecule has 0 aliphatic heterocycles. The summed E-state index contributed by atoms with van der Waals surface area (Å²) in [6.45, 7) is 5.75. The van der Waals surface area contributed by atoms with E-state index in [2.05, 4.69) is 13.8 Å². The van der Waals surface area contributed by atoms with E-state index in [1.165, 1.54) is 6.42 Å². The molecular formula is C16H29N. The van der Waals surface area contributed by atoms with Gasteiger partial charge < -0.3 is 5.73 Å². The van der Waals surface area contributed by atoms with Crippen LogP contribution in [0.3, 0.4) is 0 Å². The van der Waals surface area contributed by atoms with Gasteiger partial charge in [0.1, 0.15) is 0 Å². The Morgan fingerprint density at radius 3 is 1.82 bits per heavy atom. The van der Waals surface area contributed by atoms with E-state index < -0.39 is 0 Å². The molecule has 4 bridgehead atoms. The Balaban J connectivity index is 1.84. The van der Waals surface area contributed by atoms with Gasteiger partial charge in [-0.2, -0.15) is 0 Å². The first-order chi connectivity index (χ1) is 8.13. The molecule has 1 unspecified atom stereocenters. The maximum Gasteiger partial charge on any atom is -0.00743 e. The lowest BCUT2D eigenvalue weighted by molar-refractivity contribution is -0.0994. The maximum absolute atomic E-state index is 5.89. The molecule has 4 saturated carbocycles. The van der Waals surface area contributed by atoms with Gasteiger partial charge in [0.05, 0.1) is 0 Å². The second-order valence-corrected chi connectivity index (χ2v) is 7.71. The van der Waals surface area contributed by atoms with Gasteiger partial charge in [-0.3, -0.25) is 0 Å². The summed E-state index contributed by atoms with van der Waals surface area (Å²) in [5.74, 6) is 4.98. The smallest absolute Gasteiger partial charge is 0.00743 e. The lowest BCUT2D eigenvalue weighted by atomic mass is 9.45. The summed E-state index contributed by atoms with van der Waals surface area (Å²) in [5, 5.41) is 0. The van der Waals surface area contributed by atoms with Crippen LogP contribution in [0.25, 0.3) is 0 Å². The minimum atomic E-state index is 0.711. The van der Waals surface area contributed by atoms with Crippen LogP contribution in [-0.2, 0) is 0 Å². The average Bonchev–Trinajstić information content (AvgIpc) is 2.23. The average molecular weight is 235 g/mol. The fraction of sp³-hybridized carbons (Fsp3) is 1.00. The first-order valence-corrected chi connectivity index (χ1v) is 7.83. The van der Waals surface area contributed by atoms with Crippen molar-refractivity contribution < 1.29 is 0 Å². The van der Waals surface area contributed by atoms with E-state index in [1.54, 1.807) is 38.5 Å². The number of rotatable bonds is 4. The largest absolute Gasteiger partial charge is 0.330 e. The molecular weight excluding hydrogens is 206 g/mol. The van der Waals surface area contributed by atoms with Crippen LogP contribution in [0.15, 0.2) is 0 Å². The Hall–Kier alpha value is -0.0400. The monoisotopic (exact) mass is 235 g/mol. The van der Waals surface area contributed by atoms with Gasteiger partial charge in [0.15, 0.2) is 0 Å². The molecule has 0 aromatic heterocycles. The molecule has 1 atom stereocenters. The van der Waals surface area contributed by atoms with Crippen LogP contribution in [0.5, 0.6) is 0 Å². The summed E-state index contributed by atoms with van der Waals surface area (Å²) >= 11 is 0. The quantitative estimate of drug-likeness (QED) is 0.787. The summed E-state index contributed by atoms with van der Waals surface area (Å²) in [6.07, 6.45) is 10.6. The summed E-state index contributed by atoms with van der Waals surface area (Å²) in [6, 6.07) is 0. The molecule has 0 saturated heterocycles. The van der Waals surface area contributed by atoms with Gasteiger partial charge in [-0.05, 0) is 86.5 Å². The molecule has 0 heterocycles. The van der Waals surface area contributed by atoms with Crippen molar-refractivity contribution in [3.63, 3.8) is 0 Å². The molecule has 1 heteroatoms. The third-order valence-corrected chi connectivity index (χ3v) is 6.15. The van der Waals surface area contributed by atoms with Crippen LogP contribution in [0, 0.1) is 35.0 Å². The molecule has 4 rings (SSSR count). The Morgan fingerprint density at radius 2 is 1.47 bits per heavy atom. The van der Waals surface area contributed by atoms with Crippen molar-refractivity contribution in [2.75, 3.05) is 6.54 Å². The lowest BCUT2D eigenvalue weighted by Gasteiger charge is -2.60. The Kier molecular flexibility index (Phi) is 3.01. The van der Waals surface area contributed by atoms with Crippen LogP contribution in [0.4, 0.5) is 0 Å². The first-order valence-electron chi connectivity index (χ1n) is 7.83. The topological polar surface area (TPSA) is 26.0 Å². The highest BCUT2D eigenvalue weighted by molar-refractivity contribution is 5.04. The van der Waals surface area contributed by atoms with Crippen LogP contribution < -0.4 is 5.73 Å². The van der Waals surface area contributed by atoms with Crippen molar-refractivity contribution in [2.45, 2.75) is 58.8 Å². The van der Waals surface area contributed by atoms with E-state index >= 15 is 0 Å². The lowest BCUT2D eigenvalue weighted by Crippen LogP contribution is -2.51. The zero-order valence-electron chi connectivity index (χ0n) is 11.6. The first kappa shape index (κ1) is 12.0. The van der Waals surface area contributed by atoms with E-state index in [9.17, 15) is 0 Å². The number of nitrogens with two attached hydrogens (primary N) is 1. The minimum absolute atomic E-state index is 0.711. The van der Waals surface area contributed by atoms with Gasteiger partial charge in [0.25, 0.3) is 0 Å². The van der Waals surface area contributed by atoms with Crippen molar-refractivity contribution in [3.05, 3.63) is 0 Å². The zero-order chi connectivity index (χ0) is 12.0. The van der Waals surface area contributed by atoms with E-state index in [0.29, 0.717) is 5.41 Å². The Labute approximate surface area is 107 Å². The molecule has 4 fully saturated rings. The van der Waals surface area contributed by atoms with Gasteiger partial charge in [-0.1, -0.05) is 13.8 Å². The molecule has 0 radical (unpaired) electrons. The zero-order valence-corrected chi connectivity index (χ0v) is 11.6. The summed E-state index contributed by atoms with van der Waals surface area (Å²) < 4.78 is 0. The highest BCUT2D eigenvalue weighted by Gasteiger charge is 2.54. The second-order valence-electron chi connectivity index (χ2n) is 7.71. The molecule has 0 aromatic rings. The predicted molar refractivity (Wildman–Crippen MR) is 72.6 cm³/mol. The molecule has 4 aliphatic rings. The van der Waals surface area contributed by atoms with Gasteiger partial charge in [-0.25, -0.2) is 0 Å². The third kappa shape index (κ3) is 1.95. The molecule has 0 amide bonds. The molecule has 1 nitrogen and oxygen atoms in total. The van der Waals surface area contributed by atoms with Crippen molar-refractivity contribution >= 4 is 0 Å². The van der Waals surface area contributed by atoms with Crippen molar-refractivity contribution in [2.24, 2.45) is 40.7 Å². The maximum atomic E-state index is 5.89. The Morgan fingerprint density at radius 1 is 1.00 bits per heavy atom. The van der Waals surface area contributed by atoms with Gasteiger partial charge in [0, 0.05) is 0 Å². The number of hydrogen-bond acceptors (Lipinski definition) is 1. The molecule has 0 aromatic carbocycles. The predicted octanol–water partition coefficient (Wildman–Crippen LogP) is 3.82. The molecule has 17 heavy (non-hydrogen) atoms. The van der Waals surface area contributed by atoms with E-state index in [1.807, 2.05) is 0 Å². The molecule has 2 N–H and O–H groups in total. The normalized spacial score (nSPS) is 45.5. The van der Waals surface area contributed by atoms with Crippen molar-refractivity contribution in [3.8, 4) is 0 Å². The summed E-state index contributed by atoms with van der Waals surface area (Å²) in [5.41, 5.74) is 6.60. The summed E-state index contributed by atoms with van der Waals surface area (Å²) in [7, 11) is 0. The van der Waals surface area contributed by atoms with Crippen LogP contribution in [0.2, 0.25) is 0 Å². The minimum Gasteiger partial charge on any atom is -0.330 e. The summed E-state index contributed by atoms with van der Waals surface area (Å²) in [4.78, 5) is 0. The van der Waals surface area contributed by atoms with Gasteiger partial charge >= 0.3 is 0 Å². The molecule has 4 aliphatic carbocycles. The van der Waals surface area contributed by atoms with E-state index in [4.69, 9.17) is 5.73 Å². The molecule has 0 spiro atoms. The SMILES string of the molecule is CC(C)C(CCN)C12CC3CC(CC(C3)C1)C2.